The minimum atomic E-state index is -0.585. The maximum Gasteiger partial charge on any atom is 0.241 e. The van der Waals surface area contributed by atoms with Crippen molar-refractivity contribution in [1.29, 1.82) is 0 Å². The van der Waals surface area contributed by atoms with E-state index in [1.807, 2.05) is 25.1 Å². The Kier molecular flexibility index (Phi) is 3.51. The van der Waals surface area contributed by atoms with Crippen molar-refractivity contribution in [2.45, 2.75) is 38.0 Å². The average molecular weight is 372 g/mol. The second-order valence-electron chi connectivity index (χ2n) is 8.31. The fraction of sp³-hybridized carbons (Fsp3) is 0.292. The molecule has 0 aromatic heterocycles. The van der Waals surface area contributed by atoms with Gasteiger partial charge in [-0.2, -0.15) is 0 Å². The van der Waals surface area contributed by atoms with Crippen LogP contribution in [0.15, 0.2) is 83.7 Å². The third-order valence-corrected chi connectivity index (χ3v) is 6.43. The number of para-hydroxylation sites is 1. The average Bonchev–Trinajstić information content (AvgIpc) is 3.11. The van der Waals surface area contributed by atoms with Crippen molar-refractivity contribution in [3.8, 4) is 0 Å². The molecule has 3 aliphatic heterocycles. The van der Waals surface area contributed by atoms with Gasteiger partial charge in [0.1, 0.15) is 17.5 Å². The number of rotatable bonds is 2. The van der Waals surface area contributed by atoms with E-state index in [9.17, 15) is 4.79 Å². The van der Waals surface area contributed by atoms with E-state index in [1.54, 1.807) is 0 Å². The third-order valence-electron chi connectivity index (χ3n) is 6.43. The van der Waals surface area contributed by atoms with Gasteiger partial charge in [0.2, 0.25) is 5.91 Å². The Labute approximate surface area is 165 Å². The minimum Gasteiger partial charge on any atom is -0.486 e. The minimum absolute atomic E-state index is 0.00447. The normalized spacial score (nSPS) is 29.4. The summed E-state index contributed by atoms with van der Waals surface area (Å²) in [6.07, 6.45) is 14.6. The fourth-order valence-corrected chi connectivity index (χ4v) is 4.83. The van der Waals surface area contributed by atoms with E-state index in [-0.39, 0.29) is 17.4 Å². The van der Waals surface area contributed by atoms with Crippen molar-refractivity contribution >= 4 is 11.6 Å². The van der Waals surface area contributed by atoms with Gasteiger partial charge >= 0.3 is 0 Å². The summed E-state index contributed by atoms with van der Waals surface area (Å²) in [5, 5.41) is 3.27. The SMILES string of the molecule is CC1=C(/C=C/C23NC(=O)CN2c2ccccc2C3(C)C)C=C2C=CC=CC2O1. The first-order valence-electron chi connectivity index (χ1n) is 9.74. The zero-order valence-corrected chi connectivity index (χ0v) is 16.4. The molecular weight excluding hydrogens is 348 g/mol. The van der Waals surface area contributed by atoms with Gasteiger partial charge in [-0.3, -0.25) is 4.79 Å². The maximum atomic E-state index is 12.4. The van der Waals surface area contributed by atoms with Gasteiger partial charge in [-0.1, -0.05) is 56.4 Å². The van der Waals surface area contributed by atoms with Crippen LogP contribution in [-0.4, -0.2) is 24.2 Å². The second-order valence-corrected chi connectivity index (χ2v) is 8.31. The Balaban J connectivity index is 1.57. The van der Waals surface area contributed by atoms with Gasteiger partial charge in [0.25, 0.3) is 0 Å². The van der Waals surface area contributed by atoms with Crippen LogP contribution < -0.4 is 10.2 Å². The molecule has 1 aromatic rings. The molecule has 2 atom stereocenters. The first-order chi connectivity index (χ1) is 13.4. The van der Waals surface area contributed by atoms with Gasteiger partial charge in [0, 0.05) is 16.7 Å². The molecule has 0 bridgehead atoms. The molecule has 1 fully saturated rings. The zero-order chi connectivity index (χ0) is 19.5. The number of hydrogen-bond acceptors (Lipinski definition) is 3. The van der Waals surface area contributed by atoms with Crippen molar-refractivity contribution in [2.24, 2.45) is 0 Å². The summed E-state index contributed by atoms with van der Waals surface area (Å²) < 4.78 is 6.08. The number of fused-ring (bicyclic) bond motifs is 4. The lowest BCUT2D eigenvalue weighted by atomic mass is 9.75. The molecule has 0 spiro atoms. The fourth-order valence-electron chi connectivity index (χ4n) is 4.83. The number of ether oxygens (including phenoxy) is 1. The Morgan fingerprint density at radius 2 is 2.07 bits per heavy atom. The van der Waals surface area contributed by atoms with Crippen LogP contribution >= 0.6 is 0 Å². The smallest absolute Gasteiger partial charge is 0.241 e. The number of hydrogen-bond donors (Lipinski definition) is 1. The predicted molar refractivity (Wildman–Crippen MR) is 111 cm³/mol. The quantitative estimate of drug-likeness (QED) is 0.856. The molecule has 4 nitrogen and oxygen atoms in total. The third kappa shape index (κ3) is 2.21. The number of nitrogens with one attached hydrogen (secondary N) is 1. The van der Waals surface area contributed by atoms with Crippen LogP contribution in [0.3, 0.4) is 0 Å². The van der Waals surface area contributed by atoms with Crippen molar-refractivity contribution in [1.82, 2.24) is 5.32 Å². The van der Waals surface area contributed by atoms with Crippen molar-refractivity contribution < 1.29 is 9.53 Å². The van der Waals surface area contributed by atoms with Gasteiger partial charge in [0.15, 0.2) is 0 Å². The summed E-state index contributed by atoms with van der Waals surface area (Å²) in [6, 6.07) is 8.37. The van der Waals surface area contributed by atoms with Crippen LogP contribution in [0.2, 0.25) is 0 Å². The number of benzene rings is 1. The summed E-state index contributed by atoms with van der Waals surface area (Å²) in [7, 11) is 0. The highest BCUT2D eigenvalue weighted by Gasteiger charge is 2.59. The molecular formula is C24H24N2O2. The molecule has 1 aromatic carbocycles. The number of carbonyl (C=O) groups is 1. The van der Waals surface area contributed by atoms with E-state index in [0.29, 0.717) is 6.54 Å². The van der Waals surface area contributed by atoms with Crippen LogP contribution in [0.5, 0.6) is 0 Å². The number of carbonyl (C=O) groups excluding carboxylic acids is 1. The van der Waals surface area contributed by atoms with Crippen LogP contribution in [0.25, 0.3) is 0 Å². The Bertz CT molecular complexity index is 1020. The predicted octanol–water partition coefficient (Wildman–Crippen LogP) is 3.89. The molecule has 0 radical (unpaired) electrons. The van der Waals surface area contributed by atoms with E-state index >= 15 is 0 Å². The van der Waals surface area contributed by atoms with Gasteiger partial charge < -0.3 is 15.0 Å². The van der Waals surface area contributed by atoms with E-state index in [2.05, 4.69) is 72.6 Å². The lowest BCUT2D eigenvalue weighted by molar-refractivity contribution is -0.118. The van der Waals surface area contributed by atoms with E-state index in [4.69, 9.17) is 4.74 Å². The molecule has 2 unspecified atom stereocenters. The summed E-state index contributed by atoms with van der Waals surface area (Å²) in [5.74, 6) is 0.946. The maximum absolute atomic E-state index is 12.4. The van der Waals surface area contributed by atoms with E-state index < -0.39 is 5.66 Å². The number of amides is 1. The molecule has 1 saturated heterocycles. The highest BCUT2D eigenvalue weighted by molar-refractivity contribution is 5.91. The molecule has 1 N–H and O–H groups in total. The molecule has 4 aliphatic rings. The van der Waals surface area contributed by atoms with Gasteiger partial charge in [0.05, 0.1) is 6.54 Å². The molecule has 28 heavy (non-hydrogen) atoms. The van der Waals surface area contributed by atoms with Crippen LogP contribution in [0, 0.1) is 0 Å². The van der Waals surface area contributed by atoms with Crippen LogP contribution in [0.1, 0.15) is 26.3 Å². The summed E-state index contributed by atoms with van der Waals surface area (Å²) in [6.45, 7) is 6.76. The monoisotopic (exact) mass is 372 g/mol. The van der Waals surface area contributed by atoms with Crippen molar-refractivity contribution in [3.05, 3.63) is 89.3 Å². The van der Waals surface area contributed by atoms with Crippen LogP contribution in [-0.2, 0) is 14.9 Å². The molecule has 4 heteroatoms. The zero-order valence-electron chi connectivity index (χ0n) is 16.4. The molecule has 5 rings (SSSR count). The first-order valence-corrected chi connectivity index (χ1v) is 9.74. The van der Waals surface area contributed by atoms with E-state index in [1.165, 1.54) is 5.56 Å². The number of anilines is 1. The number of allylic oxidation sites excluding steroid dienone is 6. The Morgan fingerprint density at radius 3 is 2.93 bits per heavy atom. The van der Waals surface area contributed by atoms with Crippen molar-refractivity contribution in [3.63, 3.8) is 0 Å². The molecule has 0 saturated carbocycles. The molecule has 1 aliphatic carbocycles. The highest BCUT2D eigenvalue weighted by Crippen LogP contribution is 2.52. The van der Waals surface area contributed by atoms with Crippen molar-refractivity contribution in [2.75, 3.05) is 11.4 Å². The topological polar surface area (TPSA) is 41.6 Å². The van der Waals surface area contributed by atoms with Gasteiger partial charge in [-0.05, 0) is 42.4 Å². The Morgan fingerprint density at radius 1 is 1.25 bits per heavy atom. The molecule has 1 amide bonds. The Hall–Kier alpha value is -3.01. The first kappa shape index (κ1) is 17.1. The van der Waals surface area contributed by atoms with Gasteiger partial charge in [-0.15, -0.1) is 0 Å². The highest BCUT2D eigenvalue weighted by atomic mass is 16.5. The van der Waals surface area contributed by atoms with Gasteiger partial charge in [-0.25, -0.2) is 0 Å². The largest absolute Gasteiger partial charge is 0.486 e. The summed E-state index contributed by atoms with van der Waals surface area (Å²) in [4.78, 5) is 14.6. The standard InChI is InChI=1S/C24H24N2O2/c1-16-17(14-18-8-4-7-11-21(18)28-16)12-13-24-23(2,3)19-9-5-6-10-20(19)26(24)15-22(27)25-24/h4-14,21H,15H2,1-3H3,(H,25,27)/b13-12+. The molecule has 142 valence electrons. The van der Waals surface area contributed by atoms with Crippen LogP contribution in [0.4, 0.5) is 5.69 Å². The summed E-state index contributed by atoms with van der Waals surface area (Å²) >= 11 is 0. The molecule has 3 heterocycles. The summed E-state index contributed by atoms with van der Waals surface area (Å²) in [5.41, 5.74) is 3.71. The van der Waals surface area contributed by atoms with E-state index in [0.717, 1.165) is 22.6 Å². The second kappa shape index (κ2) is 5.74. The lowest BCUT2D eigenvalue weighted by Crippen LogP contribution is -2.58. The lowest BCUT2D eigenvalue weighted by Gasteiger charge is -2.40. The number of nitrogens with zero attached hydrogens (tertiary/aromatic N) is 1.